The molecular formula is C14H21ClN4O2. The monoisotopic (exact) mass is 312 g/mol. The summed E-state index contributed by atoms with van der Waals surface area (Å²) in [7, 11) is 0. The molecule has 0 unspecified atom stereocenters. The molecule has 1 aromatic rings. The summed E-state index contributed by atoms with van der Waals surface area (Å²) in [5, 5.41) is 3.36. The molecule has 1 fully saturated rings. The van der Waals surface area contributed by atoms with Gasteiger partial charge in [0.15, 0.2) is 5.82 Å². The van der Waals surface area contributed by atoms with E-state index < -0.39 is 0 Å². The molecule has 1 aliphatic heterocycles. The fraction of sp³-hybridized carbons (Fsp3) is 0.643. The summed E-state index contributed by atoms with van der Waals surface area (Å²) in [5.41, 5.74) is 0. The summed E-state index contributed by atoms with van der Waals surface area (Å²) in [6, 6.07) is 1.61. The Labute approximate surface area is 129 Å². The molecule has 1 saturated heterocycles. The molecule has 0 atom stereocenters. The van der Waals surface area contributed by atoms with Crippen molar-refractivity contribution in [2.24, 2.45) is 0 Å². The van der Waals surface area contributed by atoms with Crippen LogP contribution in [0.2, 0.25) is 5.15 Å². The first-order valence-corrected chi connectivity index (χ1v) is 7.69. The highest BCUT2D eigenvalue weighted by Gasteiger charge is 2.16. The highest BCUT2D eigenvalue weighted by molar-refractivity contribution is 6.29. The van der Waals surface area contributed by atoms with Gasteiger partial charge in [-0.05, 0) is 26.2 Å². The predicted molar refractivity (Wildman–Crippen MR) is 81.3 cm³/mol. The first kappa shape index (κ1) is 16.0. The molecule has 1 amide bonds. The fourth-order valence-electron chi connectivity index (χ4n) is 2.23. The van der Waals surface area contributed by atoms with Crippen LogP contribution in [0.15, 0.2) is 6.07 Å². The number of halogens is 1. The Kier molecular flexibility index (Phi) is 6.20. The highest BCUT2D eigenvalue weighted by Crippen LogP contribution is 2.13. The highest BCUT2D eigenvalue weighted by atomic mass is 35.5. The molecule has 2 heterocycles. The van der Waals surface area contributed by atoms with Crippen LogP contribution >= 0.6 is 11.6 Å². The van der Waals surface area contributed by atoms with E-state index in [4.69, 9.17) is 16.3 Å². The van der Waals surface area contributed by atoms with Gasteiger partial charge in [0.1, 0.15) is 17.6 Å². The zero-order valence-corrected chi connectivity index (χ0v) is 13.0. The number of rotatable bonds is 6. The maximum atomic E-state index is 12.1. The second-order valence-corrected chi connectivity index (χ2v) is 5.31. The topological polar surface area (TPSA) is 67.3 Å². The third kappa shape index (κ3) is 5.13. The normalized spacial score (nSPS) is 15.0. The first-order valence-electron chi connectivity index (χ1n) is 7.32. The molecular weight excluding hydrogens is 292 g/mol. The Morgan fingerprint density at radius 2 is 2.14 bits per heavy atom. The molecule has 7 heteroatoms. The van der Waals surface area contributed by atoms with Crippen LogP contribution in [0, 0.1) is 0 Å². The molecule has 0 spiro atoms. The number of carbonyl (C=O) groups is 1. The van der Waals surface area contributed by atoms with Crippen LogP contribution in [-0.2, 0) is 16.1 Å². The van der Waals surface area contributed by atoms with Gasteiger partial charge in [-0.3, -0.25) is 4.79 Å². The van der Waals surface area contributed by atoms with E-state index in [1.807, 2.05) is 11.8 Å². The first-order chi connectivity index (χ1) is 10.2. The lowest BCUT2D eigenvalue weighted by Crippen LogP contribution is -2.39. The molecule has 1 aliphatic rings. The molecule has 0 aliphatic carbocycles. The van der Waals surface area contributed by atoms with E-state index >= 15 is 0 Å². The lowest BCUT2D eigenvalue weighted by atomic mass is 10.1. The van der Waals surface area contributed by atoms with Crippen LogP contribution in [0.5, 0.6) is 0 Å². The van der Waals surface area contributed by atoms with E-state index in [1.54, 1.807) is 6.07 Å². The Morgan fingerprint density at radius 3 is 2.86 bits per heavy atom. The van der Waals surface area contributed by atoms with E-state index in [2.05, 4.69) is 15.3 Å². The van der Waals surface area contributed by atoms with E-state index in [0.717, 1.165) is 25.9 Å². The lowest BCUT2D eigenvalue weighted by molar-refractivity contribution is -0.130. The number of amides is 1. The van der Waals surface area contributed by atoms with Gasteiger partial charge in [-0.25, -0.2) is 9.97 Å². The largest absolute Gasteiger partial charge is 0.374 e. The minimum atomic E-state index is 0.0933. The van der Waals surface area contributed by atoms with Crippen LogP contribution in [0.3, 0.4) is 0 Å². The number of ether oxygens (including phenoxy) is 1. The van der Waals surface area contributed by atoms with Gasteiger partial charge in [0.25, 0.3) is 0 Å². The number of likely N-dealkylation sites (tertiary alicyclic amines) is 1. The minimum absolute atomic E-state index is 0.0933. The Balaban J connectivity index is 1.89. The molecule has 0 saturated carbocycles. The second kappa shape index (κ2) is 8.14. The van der Waals surface area contributed by atoms with Gasteiger partial charge in [-0.15, -0.1) is 0 Å². The van der Waals surface area contributed by atoms with Crippen molar-refractivity contribution in [3.05, 3.63) is 17.0 Å². The second-order valence-electron chi connectivity index (χ2n) is 4.92. The summed E-state index contributed by atoms with van der Waals surface area (Å²) >= 11 is 5.95. The number of nitrogens with zero attached hydrogens (tertiary/aromatic N) is 3. The summed E-state index contributed by atoms with van der Waals surface area (Å²) in [6.45, 7) is 4.72. The lowest BCUT2D eigenvalue weighted by Gasteiger charge is -2.26. The Bertz CT molecular complexity index is 478. The van der Waals surface area contributed by atoms with Gasteiger partial charge in [-0.2, -0.15) is 0 Å². The van der Waals surface area contributed by atoms with Crippen LogP contribution in [0.25, 0.3) is 0 Å². The van der Waals surface area contributed by atoms with Crippen molar-refractivity contribution in [2.75, 3.05) is 31.6 Å². The van der Waals surface area contributed by atoms with Crippen LogP contribution in [0.4, 0.5) is 5.82 Å². The number of hydrogen-bond donors (Lipinski definition) is 1. The summed E-state index contributed by atoms with van der Waals surface area (Å²) in [4.78, 5) is 22.3. The SMILES string of the molecule is CCOCc1nc(Cl)cc(NCC(=O)N2CCCCC2)n1. The van der Waals surface area contributed by atoms with Gasteiger partial charge >= 0.3 is 0 Å². The zero-order valence-electron chi connectivity index (χ0n) is 12.3. The van der Waals surface area contributed by atoms with Crippen molar-refractivity contribution in [3.63, 3.8) is 0 Å². The molecule has 6 nitrogen and oxygen atoms in total. The maximum Gasteiger partial charge on any atom is 0.241 e. The Morgan fingerprint density at radius 1 is 1.38 bits per heavy atom. The minimum Gasteiger partial charge on any atom is -0.374 e. The quantitative estimate of drug-likeness (QED) is 0.815. The Hall–Kier alpha value is -1.40. The van der Waals surface area contributed by atoms with Gasteiger partial charge in [0.2, 0.25) is 5.91 Å². The third-order valence-corrected chi connectivity index (χ3v) is 3.50. The summed E-state index contributed by atoms with van der Waals surface area (Å²) < 4.78 is 5.26. The molecule has 116 valence electrons. The molecule has 21 heavy (non-hydrogen) atoms. The van der Waals surface area contributed by atoms with Crippen molar-refractivity contribution >= 4 is 23.3 Å². The molecule has 2 rings (SSSR count). The molecule has 0 radical (unpaired) electrons. The predicted octanol–water partition coefficient (Wildman–Crippen LogP) is 2.09. The van der Waals surface area contributed by atoms with E-state index in [1.165, 1.54) is 6.42 Å². The fourth-order valence-corrected chi connectivity index (χ4v) is 2.44. The maximum absolute atomic E-state index is 12.1. The average Bonchev–Trinajstić information content (AvgIpc) is 2.51. The van der Waals surface area contributed by atoms with Crippen molar-refractivity contribution < 1.29 is 9.53 Å². The smallest absolute Gasteiger partial charge is 0.241 e. The van der Waals surface area contributed by atoms with Crippen LogP contribution in [-0.4, -0.2) is 47.0 Å². The average molecular weight is 313 g/mol. The van der Waals surface area contributed by atoms with Gasteiger partial charge in [-0.1, -0.05) is 11.6 Å². The van der Waals surface area contributed by atoms with Crippen LogP contribution < -0.4 is 5.32 Å². The summed E-state index contributed by atoms with van der Waals surface area (Å²) in [5.74, 6) is 1.16. The molecule has 1 aromatic heterocycles. The van der Waals surface area contributed by atoms with Crippen molar-refractivity contribution in [1.82, 2.24) is 14.9 Å². The number of carbonyl (C=O) groups excluding carboxylic acids is 1. The number of anilines is 1. The van der Waals surface area contributed by atoms with E-state index in [-0.39, 0.29) is 12.5 Å². The van der Waals surface area contributed by atoms with Crippen LogP contribution in [0.1, 0.15) is 32.0 Å². The van der Waals surface area contributed by atoms with Crippen molar-refractivity contribution in [3.8, 4) is 0 Å². The van der Waals surface area contributed by atoms with Crippen molar-refractivity contribution in [1.29, 1.82) is 0 Å². The zero-order chi connectivity index (χ0) is 15.1. The van der Waals surface area contributed by atoms with Crippen molar-refractivity contribution in [2.45, 2.75) is 32.8 Å². The van der Waals surface area contributed by atoms with E-state index in [0.29, 0.717) is 30.0 Å². The van der Waals surface area contributed by atoms with Gasteiger partial charge in [0, 0.05) is 25.8 Å². The molecule has 0 aromatic carbocycles. The third-order valence-electron chi connectivity index (χ3n) is 3.31. The molecule has 1 N–H and O–H groups in total. The van der Waals surface area contributed by atoms with Gasteiger partial charge < -0.3 is 15.0 Å². The van der Waals surface area contributed by atoms with Gasteiger partial charge in [0.05, 0.1) is 6.54 Å². The number of nitrogens with one attached hydrogen (secondary N) is 1. The standard InChI is InChI=1S/C14H21ClN4O2/c1-2-21-10-13-17-11(15)8-12(18-13)16-9-14(20)19-6-4-3-5-7-19/h8H,2-7,9-10H2,1H3,(H,16,17,18). The molecule has 0 bridgehead atoms. The van der Waals surface area contributed by atoms with E-state index in [9.17, 15) is 4.79 Å². The summed E-state index contributed by atoms with van der Waals surface area (Å²) in [6.07, 6.45) is 3.38. The number of aromatic nitrogens is 2. The number of piperidine rings is 1. The number of hydrogen-bond acceptors (Lipinski definition) is 5.